The Balaban J connectivity index is 1.77. The second kappa shape index (κ2) is 7.55. The van der Waals surface area contributed by atoms with Gasteiger partial charge in [-0.1, -0.05) is 32.0 Å². The average molecular weight is 343 g/mol. The second-order valence-corrected chi connectivity index (χ2v) is 6.53. The van der Waals surface area contributed by atoms with Gasteiger partial charge in [-0.3, -0.25) is 0 Å². The number of nitrogens with zero attached hydrogens (tertiary/aromatic N) is 4. The van der Waals surface area contributed by atoms with E-state index in [1.165, 1.54) is 11.5 Å². The van der Waals surface area contributed by atoms with Crippen molar-refractivity contribution in [3.05, 3.63) is 53.6 Å². The Morgan fingerprint density at radius 3 is 2.75 bits per heavy atom. The third kappa shape index (κ3) is 3.80. The predicted molar refractivity (Wildman–Crippen MR) is 95.6 cm³/mol. The van der Waals surface area contributed by atoms with Crippen LogP contribution in [0, 0.1) is 0 Å². The highest BCUT2D eigenvalue weighted by Crippen LogP contribution is 2.21. The molecule has 6 nitrogen and oxygen atoms in total. The van der Waals surface area contributed by atoms with Crippen molar-refractivity contribution >= 4 is 16.7 Å². The highest BCUT2D eigenvalue weighted by Gasteiger charge is 2.14. The van der Waals surface area contributed by atoms with Gasteiger partial charge in [-0.2, -0.15) is 9.47 Å². The molecule has 1 N–H and O–H groups in total. The van der Waals surface area contributed by atoms with Crippen LogP contribution >= 0.6 is 11.5 Å². The minimum atomic E-state index is 0.352. The van der Waals surface area contributed by atoms with E-state index in [0.717, 1.165) is 22.1 Å². The van der Waals surface area contributed by atoms with Crippen LogP contribution in [0.2, 0.25) is 0 Å². The Morgan fingerprint density at radius 2 is 2.04 bits per heavy atom. The zero-order valence-corrected chi connectivity index (χ0v) is 14.9. The number of aromatic nitrogens is 4. The van der Waals surface area contributed by atoms with Crippen LogP contribution in [0.4, 0.5) is 5.13 Å². The van der Waals surface area contributed by atoms with Gasteiger partial charge < -0.3 is 10.1 Å². The zero-order valence-electron chi connectivity index (χ0n) is 14.1. The van der Waals surface area contributed by atoms with E-state index in [4.69, 9.17) is 9.84 Å². The van der Waals surface area contributed by atoms with E-state index in [-0.39, 0.29) is 0 Å². The Bertz CT molecular complexity index is 781. The van der Waals surface area contributed by atoms with Crippen molar-refractivity contribution in [1.82, 2.24) is 19.1 Å². The van der Waals surface area contributed by atoms with Crippen LogP contribution in [-0.2, 0) is 17.9 Å². The van der Waals surface area contributed by atoms with E-state index < -0.39 is 0 Å². The van der Waals surface area contributed by atoms with Crippen LogP contribution < -0.4 is 5.32 Å². The normalized spacial score (nSPS) is 11.2. The monoisotopic (exact) mass is 343 g/mol. The maximum atomic E-state index is 5.05. The molecule has 2 aromatic heterocycles. The fourth-order valence-electron chi connectivity index (χ4n) is 2.44. The molecule has 24 heavy (non-hydrogen) atoms. The van der Waals surface area contributed by atoms with Crippen molar-refractivity contribution in [3.8, 4) is 5.69 Å². The summed E-state index contributed by atoms with van der Waals surface area (Å²) in [4.78, 5) is 4.40. The van der Waals surface area contributed by atoms with Crippen molar-refractivity contribution in [2.45, 2.75) is 32.9 Å². The van der Waals surface area contributed by atoms with Gasteiger partial charge in [0.2, 0.25) is 5.13 Å². The van der Waals surface area contributed by atoms with Crippen molar-refractivity contribution in [3.63, 3.8) is 0 Å². The summed E-state index contributed by atoms with van der Waals surface area (Å²) in [5.74, 6) is 1.05. The smallest absolute Gasteiger partial charge is 0.202 e. The van der Waals surface area contributed by atoms with E-state index in [9.17, 15) is 0 Å². The van der Waals surface area contributed by atoms with E-state index in [1.54, 1.807) is 7.11 Å². The molecule has 3 aromatic rings. The van der Waals surface area contributed by atoms with Crippen LogP contribution in [0.5, 0.6) is 0 Å². The maximum Gasteiger partial charge on any atom is 0.202 e. The van der Waals surface area contributed by atoms with Gasteiger partial charge in [-0.05, 0) is 18.1 Å². The van der Waals surface area contributed by atoms with Gasteiger partial charge in [0.25, 0.3) is 0 Å². The van der Waals surface area contributed by atoms with Gasteiger partial charge in [0.05, 0.1) is 11.4 Å². The zero-order chi connectivity index (χ0) is 16.9. The van der Waals surface area contributed by atoms with E-state index in [1.807, 2.05) is 22.9 Å². The minimum absolute atomic E-state index is 0.352. The third-order valence-electron chi connectivity index (χ3n) is 3.56. The molecule has 0 atom stereocenters. The fourth-order valence-corrected chi connectivity index (χ4v) is 3.01. The van der Waals surface area contributed by atoms with Crippen LogP contribution in [0.15, 0.2) is 36.5 Å². The van der Waals surface area contributed by atoms with Crippen LogP contribution in [0.3, 0.4) is 0 Å². The van der Waals surface area contributed by atoms with Crippen molar-refractivity contribution in [2.75, 3.05) is 12.4 Å². The van der Waals surface area contributed by atoms with E-state index in [0.29, 0.717) is 24.9 Å². The van der Waals surface area contributed by atoms with Crippen molar-refractivity contribution in [1.29, 1.82) is 0 Å². The summed E-state index contributed by atoms with van der Waals surface area (Å²) in [6, 6.07) is 10.1. The summed E-state index contributed by atoms with van der Waals surface area (Å²) < 4.78 is 11.2. The van der Waals surface area contributed by atoms with Crippen LogP contribution in [-0.4, -0.2) is 26.2 Å². The lowest BCUT2D eigenvalue weighted by molar-refractivity contribution is 0.179. The molecule has 2 heterocycles. The number of hydrogen-bond acceptors (Lipinski definition) is 6. The first-order chi connectivity index (χ1) is 11.7. The summed E-state index contributed by atoms with van der Waals surface area (Å²) in [5, 5.41) is 8.88. The maximum absolute atomic E-state index is 5.05. The SMILES string of the molecule is COCc1nsc(NCc2cn(-c3ccccc3)nc2C(C)C)n1. The molecule has 0 aliphatic heterocycles. The van der Waals surface area contributed by atoms with E-state index in [2.05, 4.69) is 46.9 Å². The molecule has 7 heteroatoms. The molecule has 0 bridgehead atoms. The quantitative estimate of drug-likeness (QED) is 0.710. The Labute approximate surface area is 145 Å². The minimum Gasteiger partial charge on any atom is -0.377 e. The lowest BCUT2D eigenvalue weighted by Gasteiger charge is -2.05. The average Bonchev–Trinajstić information content (AvgIpc) is 3.21. The molecule has 1 aromatic carbocycles. The standard InChI is InChI=1S/C17H21N5OS/c1-12(2)16-13(9-18-17-19-15(11-23-3)21-24-17)10-22(20-16)14-7-5-4-6-8-14/h4-8,10,12H,9,11H2,1-3H3,(H,18,19,21). The van der Waals surface area contributed by atoms with Gasteiger partial charge in [0, 0.05) is 36.9 Å². The van der Waals surface area contributed by atoms with E-state index >= 15 is 0 Å². The molecule has 126 valence electrons. The molecule has 0 saturated heterocycles. The highest BCUT2D eigenvalue weighted by atomic mass is 32.1. The molecular weight excluding hydrogens is 322 g/mol. The molecule has 0 aliphatic rings. The Kier molecular flexibility index (Phi) is 5.22. The number of hydrogen-bond donors (Lipinski definition) is 1. The van der Waals surface area contributed by atoms with Gasteiger partial charge in [0.15, 0.2) is 5.82 Å². The third-order valence-corrected chi connectivity index (χ3v) is 4.27. The Hall–Kier alpha value is -2.25. The molecular formula is C17H21N5OS. The predicted octanol–water partition coefficient (Wildman–Crippen LogP) is 3.61. The number of para-hydroxylation sites is 1. The first-order valence-electron chi connectivity index (χ1n) is 7.86. The molecule has 0 saturated carbocycles. The summed E-state index contributed by atoms with van der Waals surface area (Å²) >= 11 is 1.35. The molecule has 0 aliphatic carbocycles. The lowest BCUT2D eigenvalue weighted by Crippen LogP contribution is -2.02. The van der Waals surface area contributed by atoms with Crippen molar-refractivity contribution in [2.24, 2.45) is 0 Å². The summed E-state index contributed by atoms with van der Waals surface area (Å²) in [7, 11) is 1.64. The lowest BCUT2D eigenvalue weighted by atomic mass is 10.1. The van der Waals surface area contributed by atoms with Crippen LogP contribution in [0.25, 0.3) is 5.69 Å². The Morgan fingerprint density at radius 1 is 1.25 bits per heavy atom. The molecule has 0 unspecified atom stereocenters. The van der Waals surface area contributed by atoms with Gasteiger partial charge in [-0.25, -0.2) is 9.67 Å². The largest absolute Gasteiger partial charge is 0.377 e. The first-order valence-corrected chi connectivity index (χ1v) is 8.64. The topological polar surface area (TPSA) is 64.9 Å². The molecule has 0 spiro atoms. The molecule has 3 rings (SSSR count). The number of methoxy groups -OCH3 is 1. The highest BCUT2D eigenvalue weighted by molar-refractivity contribution is 7.09. The summed E-state index contributed by atoms with van der Waals surface area (Å²) in [6.45, 7) is 5.41. The number of nitrogens with one attached hydrogen (secondary N) is 1. The molecule has 0 fully saturated rings. The molecule has 0 radical (unpaired) electrons. The van der Waals surface area contributed by atoms with Crippen LogP contribution in [0.1, 0.15) is 36.8 Å². The van der Waals surface area contributed by atoms with Gasteiger partial charge >= 0.3 is 0 Å². The summed E-state index contributed by atoms with van der Waals surface area (Å²) in [6.07, 6.45) is 2.08. The van der Waals surface area contributed by atoms with Gasteiger partial charge in [-0.15, -0.1) is 0 Å². The number of anilines is 1. The van der Waals surface area contributed by atoms with Crippen molar-refractivity contribution < 1.29 is 4.74 Å². The first kappa shape index (κ1) is 16.6. The fraction of sp³-hybridized carbons (Fsp3) is 0.353. The number of ether oxygens (including phenoxy) is 1. The summed E-state index contributed by atoms with van der Waals surface area (Å²) in [5.41, 5.74) is 3.31. The number of rotatable bonds is 7. The second-order valence-electron chi connectivity index (χ2n) is 5.78. The van der Waals surface area contributed by atoms with Gasteiger partial charge in [0.1, 0.15) is 6.61 Å². The molecule has 0 amide bonds. The number of benzene rings is 1.